The van der Waals surface area contributed by atoms with Gasteiger partial charge in [-0.3, -0.25) is 0 Å². The lowest BCUT2D eigenvalue weighted by molar-refractivity contribution is 0.111. The maximum absolute atomic E-state index is 8.69. The molecule has 1 aromatic carbocycles. The summed E-state index contributed by atoms with van der Waals surface area (Å²) in [7, 11) is 1.75. The topological polar surface area (TPSA) is 45.0 Å². The van der Waals surface area contributed by atoms with E-state index in [9.17, 15) is 0 Å². The molecule has 0 aromatic heterocycles. The molecule has 0 aliphatic rings. The molecular weight excluding hydrogens is 212 g/mol. The number of nitrogens with zero attached hydrogens (tertiary/aromatic N) is 1. The van der Waals surface area contributed by atoms with Crippen molar-refractivity contribution in [1.82, 2.24) is 5.32 Å². The fourth-order valence-electron chi connectivity index (χ4n) is 1.24. The van der Waals surface area contributed by atoms with Crippen LogP contribution in [-0.2, 0) is 11.3 Å². The Hall–Kier alpha value is -1.37. The minimum Gasteiger partial charge on any atom is -0.374 e. The summed E-state index contributed by atoms with van der Waals surface area (Å²) in [4.78, 5) is 0. The van der Waals surface area contributed by atoms with E-state index in [2.05, 4.69) is 24.4 Å². The number of nitrogens with one attached hydrogen (secondary N) is 1. The van der Waals surface area contributed by atoms with Crippen molar-refractivity contribution in [3.8, 4) is 6.07 Å². The van der Waals surface area contributed by atoms with Crippen LogP contribution in [0.4, 0.5) is 0 Å². The van der Waals surface area contributed by atoms with Crippen LogP contribution in [-0.4, -0.2) is 19.7 Å². The zero-order valence-electron chi connectivity index (χ0n) is 11.2. The van der Waals surface area contributed by atoms with Crippen LogP contribution in [0.1, 0.15) is 25.0 Å². The molecule has 1 N–H and O–H groups in total. The van der Waals surface area contributed by atoms with Crippen LogP contribution in [0.15, 0.2) is 24.3 Å². The van der Waals surface area contributed by atoms with Gasteiger partial charge >= 0.3 is 0 Å². The molecule has 0 saturated carbocycles. The van der Waals surface area contributed by atoms with E-state index in [4.69, 9.17) is 10.00 Å². The lowest BCUT2D eigenvalue weighted by Gasteiger charge is -2.09. The summed E-state index contributed by atoms with van der Waals surface area (Å²) < 4.78 is 5.46. The van der Waals surface area contributed by atoms with E-state index in [0.29, 0.717) is 13.2 Å². The molecule has 3 nitrogen and oxygen atoms in total. The predicted molar refractivity (Wildman–Crippen MR) is 70.6 cm³/mol. The first kappa shape index (κ1) is 15.6. The number of hydrogen-bond donors (Lipinski definition) is 1. The zero-order chi connectivity index (χ0) is 13.1. The number of aryl methyl sites for hydroxylation is 1. The third-order valence-electron chi connectivity index (χ3n) is 2.31. The van der Waals surface area contributed by atoms with Gasteiger partial charge in [-0.2, -0.15) is 5.26 Å². The number of rotatable bonds is 5. The molecule has 0 aliphatic heterocycles. The molecule has 0 heterocycles. The van der Waals surface area contributed by atoms with Gasteiger partial charge in [0.15, 0.2) is 0 Å². The Morgan fingerprint density at radius 2 is 2.00 bits per heavy atom. The van der Waals surface area contributed by atoms with Gasteiger partial charge in [0.1, 0.15) is 6.04 Å². The second kappa shape index (κ2) is 9.83. The van der Waals surface area contributed by atoms with Gasteiger partial charge in [-0.05, 0) is 25.1 Å². The van der Waals surface area contributed by atoms with Crippen molar-refractivity contribution >= 4 is 0 Å². The molecule has 3 heteroatoms. The largest absolute Gasteiger partial charge is 0.374 e. The van der Waals surface area contributed by atoms with E-state index >= 15 is 0 Å². The Morgan fingerprint density at radius 3 is 2.53 bits per heavy atom. The van der Waals surface area contributed by atoms with Crippen molar-refractivity contribution in [2.45, 2.75) is 33.4 Å². The summed E-state index contributed by atoms with van der Waals surface area (Å²) in [6.45, 7) is 7.03. The van der Waals surface area contributed by atoms with Crippen molar-refractivity contribution < 1.29 is 4.74 Å². The first-order valence-electron chi connectivity index (χ1n) is 5.97. The molecule has 0 fully saturated rings. The van der Waals surface area contributed by atoms with Gasteiger partial charge in [0.2, 0.25) is 0 Å². The molecule has 1 atom stereocenters. The van der Waals surface area contributed by atoms with E-state index in [1.807, 2.05) is 32.0 Å². The second-order valence-electron chi connectivity index (χ2n) is 3.41. The van der Waals surface area contributed by atoms with E-state index in [1.54, 1.807) is 7.05 Å². The Balaban J connectivity index is 0.00000121. The Labute approximate surface area is 104 Å². The Kier molecular flexibility index (Phi) is 9.04. The second-order valence-corrected chi connectivity index (χ2v) is 3.41. The van der Waals surface area contributed by atoms with E-state index < -0.39 is 0 Å². The van der Waals surface area contributed by atoms with Crippen molar-refractivity contribution in [2.24, 2.45) is 0 Å². The minimum absolute atomic E-state index is 0.228. The smallest absolute Gasteiger partial charge is 0.119 e. The monoisotopic (exact) mass is 234 g/mol. The van der Waals surface area contributed by atoms with Crippen LogP contribution in [0.5, 0.6) is 0 Å². The van der Waals surface area contributed by atoms with Gasteiger partial charge in [0.25, 0.3) is 0 Å². The van der Waals surface area contributed by atoms with Gasteiger partial charge in [-0.1, -0.05) is 38.1 Å². The molecule has 0 amide bonds. The quantitative estimate of drug-likeness (QED) is 0.852. The summed E-state index contributed by atoms with van der Waals surface area (Å²) >= 11 is 0. The molecular formula is C14H22N2O. The molecule has 94 valence electrons. The Bertz CT molecular complexity index is 344. The molecule has 0 radical (unpaired) electrons. The number of ether oxygens (including phenoxy) is 1. The maximum Gasteiger partial charge on any atom is 0.119 e. The number of nitriles is 1. The van der Waals surface area contributed by atoms with Crippen LogP contribution in [0.25, 0.3) is 0 Å². The summed E-state index contributed by atoms with van der Waals surface area (Å²) in [6, 6.07) is 9.98. The van der Waals surface area contributed by atoms with Crippen LogP contribution in [0, 0.1) is 18.3 Å². The van der Waals surface area contributed by atoms with Gasteiger partial charge < -0.3 is 10.1 Å². The highest BCUT2D eigenvalue weighted by Gasteiger charge is 2.04. The highest BCUT2D eigenvalue weighted by Crippen LogP contribution is 2.08. The number of likely N-dealkylation sites (N-methyl/N-ethyl adjacent to an activating group) is 1. The molecule has 0 saturated heterocycles. The van der Waals surface area contributed by atoms with Crippen LogP contribution in [0.3, 0.4) is 0 Å². The van der Waals surface area contributed by atoms with Crippen LogP contribution < -0.4 is 5.32 Å². The van der Waals surface area contributed by atoms with Crippen molar-refractivity contribution in [1.29, 1.82) is 5.26 Å². The van der Waals surface area contributed by atoms with E-state index in [1.165, 1.54) is 11.1 Å². The third kappa shape index (κ3) is 6.06. The van der Waals surface area contributed by atoms with Gasteiger partial charge in [-0.15, -0.1) is 0 Å². The zero-order valence-corrected chi connectivity index (χ0v) is 11.2. The standard InChI is InChI=1S/C12H16N2O.C2H6/c1-10-5-3-4-6-11(10)8-15-9-12(7-13)14-2;1-2/h3-6,12,14H,8-9H2,1-2H3;1-2H3. The first-order chi connectivity index (χ1) is 8.27. The molecule has 1 unspecified atom stereocenters. The van der Waals surface area contributed by atoms with E-state index in [0.717, 1.165) is 0 Å². The highest BCUT2D eigenvalue weighted by molar-refractivity contribution is 5.24. The minimum atomic E-state index is -0.228. The average molecular weight is 234 g/mol. The fraction of sp³-hybridized carbons (Fsp3) is 0.500. The van der Waals surface area contributed by atoms with Gasteiger partial charge in [0.05, 0.1) is 19.3 Å². The molecule has 0 spiro atoms. The molecule has 1 rings (SSSR count). The average Bonchev–Trinajstić information content (AvgIpc) is 2.39. The van der Waals surface area contributed by atoms with Gasteiger partial charge in [0, 0.05) is 0 Å². The molecule has 0 aliphatic carbocycles. The SMILES string of the molecule is CC.CNC(C#N)COCc1ccccc1C. The van der Waals surface area contributed by atoms with E-state index in [-0.39, 0.29) is 6.04 Å². The lowest BCUT2D eigenvalue weighted by atomic mass is 10.1. The third-order valence-corrected chi connectivity index (χ3v) is 2.31. The summed E-state index contributed by atoms with van der Waals surface area (Å²) in [5, 5.41) is 11.6. The van der Waals surface area contributed by atoms with Crippen molar-refractivity contribution in [3.63, 3.8) is 0 Å². The lowest BCUT2D eigenvalue weighted by Crippen LogP contribution is -2.28. The molecule has 0 bridgehead atoms. The number of benzene rings is 1. The Morgan fingerprint density at radius 1 is 1.35 bits per heavy atom. The van der Waals surface area contributed by atoms with Crippen LogP contribution >= 0.6 is 0 Å². The summed E-state index contributed by atoms with van der Waals surface area (Å²) in [5.74, 6) is 0. The summed E-state index contributed by atoms with van der Waals surface area (Å²) in [6.07, 6.45) is 0. The molecule has 1 aromatic rings. The first-order valence-corrected chi connectivity index (χ1v) is 5.97. The summed E-state index contributed by atoms with van der Waals surface area (Å²) in [5.41, 5.74) is 2.39. The fourth-order valence-corrected chi connectivity index (χ4v) is 1.24. The van der Waals surface area contributed by atoms with Crippen LogP contribution in [0.2, 0.25) is 0 Å². The van der Waals surface area contributed by atoms with Crippen molar-refractivity contribution in [2.75, 3.05) is 13.7 Å². The predicted octanol–water partition coefficient (Wildman–Crippen LogP) is 2.65. The maximum atomic E-state index is 8.69. The number of hydrogen-bond acceptors (Lipinski definition) is 3. The normalized spacial score (nSPS) is 11.0. The molecule has 17 heavy (non-hydrogen) atoms. The van der Waals surface area contributed by atoms with Crippen molar-refractivity contribution in [3.05, 3.63) is 35.4 Å². The van der Waals surface area contributed by atoms with Gasteiger partial charge in [-0.25, -0.2) is 0 Å². The highest BCUT2D eigenvalue weighted by atomic mass is 16.5.